The predicted octanol–water partition coefficient (Wildman–Crippen LogP) is 3.56. The lowest BCUT2D eigenvalue weighted by molar-refractivity contribution is -0.385. The van der Waals surface area contributed by atoms with E-state index in [0.29, 0.717) is 10.4 Å². The number of hydrogen-bond donors (Lipinski definition) is 0. The Morgan fingerprint density at radius 1 is 1.50 bits per heavy atom. The van der Waals surface area contributed by atoms with Crippen LogP contribution in [0.1, 0.15) is 19.4 Å². The Hall–Kier alpha value is -0.900. The monoisotopic (exact) mass is 257 g/mol. The number of benzene rings is 1. The first kappa shape index (κ1) is 11.2. The summed E-state index contributed by atoms with van der Waals surface area (Å²) in [5, 5.41) is 10.6. The molecule has 0 aromatic heterocycles. The first-order valence-corrected chi connectivity index (χ1v) is 5.23. The maximum absolute atomic E-state index is 10.6. The molecule has 0 heterocycles. The summed E-state index contributed by atoms with van der Waals surface area (Å²) in [6.45, 7) is 4.18. The molecule has 14 heavy (non-hydrogen) atoms. The number of nitro groups is 1. The molecule has 0 saturated heterocycles. The highest BCUT2D eigenvalue weighted by atomic mass is 79.9. The van der Waals surface area contributed by atoms with E-state index in [9.17, 15) is 10.1 Å². The molecule has 0 atom stereocenters. The zero-order chi connectivity index (χ0) is 10.7. The third kappa shape index (κ3) is 2.80. The number of halogens is 1. The SMILES string of the molecule is CC(C)Cc1ccc(Br)c([N+](=O)[O-])c1. The Morgan fingerprint density at radius 3 is 2.64 bits per heavy atom. The fourth-order valence-corrected chi connectivity index (χ4v) is 1.69. The average Bonchev–Trinajstić information content (AvgIpc) is 2.07. The Kier molecular flexibility index (Phi) is 3.63. The molecule has 0 radical (unpaired) electrons. The van der Waals surface area contributed by atoms with Gasteiger partial charge in [0.05, 0.1) is 9.40 Å². The topological polar surface area (TPSA) is 43.1 Å². The molecule has 0 aliphatic heterocycles. The van der Waals surface area contributed by atoms with Gasteiger partial charge >= 0.3 is 0 Å². The highest BCUT2D eigenvalue weighted by Crippen LogP contribution is 2.26. The minimum Gasteiger partial charge on any atom is -0.258 e. The third-order valence-electron chi connectivity index (χ3n) is 1.85. The minimum atomic E-state index is -0.367. The van der Waals surface area contributed by atoms with E-state index in [4.69, 9.17) is 0 Å². The molecule has 0 N–H and O–H groups in total. The van der Waals surface area contributed by atoms with E-state index in [0.717, 1.165) is 12.0 Å². The van der Waals surface area contributed by atoms with Crippen LogP contribution >= 0.6 is 15.9 Å². The molecule has 4 heteroatoms. The van der Waals surface area contributed by atoms with Gasteiger partial charge in [-0.2, -0.15) is 0 Å². The van der Waals surface area contributed by atoms with Crippen LogP contribution in [-0.2, 0) is 6.42 Å². The molecule has 0 aliphatic rings. The van der Waals surface area contributed by atoms with Gasteiger partial charge in [-0.05, 0) is 39.9 Å². The van der Waals surface area contributed by atoms with Gasteiger partial charge in [0, 0.05) is 6.07 Å². The lowest BCUT2D eigenvalue weighted by Crippen LogP contribution is -1.96. The van der Waals surface area contributed by atoms with Gasteiger partial charge in [0.25, 0.3) is 5.69 Å². The smallest absolute Gasteiger partial charge is 0.258 e. The minimum absolute atomic E-state index is 0.142. The Balaban J connectivity index is 3.00. The van der Waals surface area contributed by atoms with Gasteiger partial charge in [0.1, 0.15) is 0 Å². The number of rotatable bonds is 3. The van der Waals surface area contributed by atoms with Crippen LogP contribution in [0.4, 0.5) is 5.69 Å². The van der Waals surface area contributed by atoms with Crippen LogP contribution < -0.4 is 0 Å². The molecule has 0 unspecified atom stereocenters. The fraction of sp³-hybridized carbons (Fsp3) is 0.400. The summed E-state index contributed by atoms with van der Waals surface area (Å²) in [6, 6.07) is 5.27. The summed E-state index contributed by atoms with van der Waals surface area (Å²) in [7, 11) is 0. The van der Waals surface area contributed by atoms with Crippen molar-refractivity contribution in [3.05, 3.63) is 38.3 Å². The van der Waals surface area contributed by atoms with Crippen LogP contribution in [0.3, 0.4) is 0 Å². The van der Waals surface area contributed by atoms with Crippen molar-refractivity contribution in [1.29, 1.82) is 0 Å². The van der Waals surface area contributed by atoms with Crippen LogP contribution in [-0.4, -0.2) is 4.92 Å². The van der Waals surface area contributed by atoms with Crippen molar-refractivity contribution >= 4 is 21.6 Å². The summed E-state index contributed by atoms with van der Waals surface area (Å²) in [4.78, 5) is 10.3. The lowest BCUT2D eigenvalue weighted by atomic mass is 10.0. The summed E-state index contributed by atoms with van der Waals surface area (Å²) >= 11 is 3.16. The van der Waals surface area contributed by atoms with Crippen LogP contribution in [0.25, 0.3) is 0 Å². The summed E-state index contributed by atoms with van der Waals surface area (Å²) in [5.74, 6) is 0.510. The molecule has 3 nitrogen and oxygen atoms in total. The van der Waals surface area contributed by atoms with E-state index < -0.39 is 0 Å². The van der Waals surface area contributed by atoms with Crippen LogP contribution in [0, 0.1) is 16.0 Å². The summed E-state index contributed by atoms with van der Waals surface area (Å²) in [6.07, 6.45) is 0.869. The Morgan fingerprint density at radius 2 is 2.14 bits per heavy atom. The van der Waals surface area contributed by atoms with E-state index >= 15 is 0 Å². The molecule has 1 aromatic rings. The average molecular weight is 258 g/mol. The van der Waals surface area contributed by atoms with Crippen molar-refractivity contribution < 1.29 is 4.92 Å². The van der Waals surface area contributed by atoms with Gasteiger partial charge in [-0.3, -0.25) is 10.1 Å². The summed E-state index contributed by atoms with van der Waals surface area (Å²) in [5.41, 5.74) is 1.15. The van der Waals surface area contributed by atoms with Crippen molar-refractivity contribution in [2.24, 2.45) is 5.92 Å². The van der Waals surface area contributed by atoms with E-state index in [2.05, 4.69) is 29.8 Å². The third-order valence-corrected chi connectivity index (χ3v) is 2.52. The van der Waals surface area contributed by atoms with Gasteiger partial charge in [-0.1, -0.05) is 19.9 Å². The van der Waals surface area contributed by atoms with E-state index in [-0.39, 0.29) is 10.6 Å². The van der Waals surface area contributed by atoms with Crippen molar-refractivity contribution in [3.63, 3.8) is 0 Å². The maximum Gasteiger partial charge on any atom is 0.283 e. The van der Waals surface area contributed by atoms with Gasteiger partial charge in [0.15, 0.2) is 0 Å². The normalized spacial score (nSPS) is 10.6. The standard InChI is InChI=1S/C10H12BrNO2/c1-7(2)5-8-3-4-9(11)10(6-8)12(13)14/h3-4,6-7H,5H2,1-2H3. The molecule has 1 aromatic carbocycles. The molecule has 1 rings (SSSR count). The first-order valence-electron chi connectivity index (χ1n) is 4.43. The largest absolute Gasteiger partial charge is 0.283 e. The molecule has 0 bridgehead atoms. The lowest BCUT2D eigenvalue weighted by Gasteiger charge is -2.04. The number of hydrogen-bond acceptors (Lipinski definition) is 2. The molecular formula is C10H12BrNO2. The molecule has 0 saturated carbocycles. The Labute approximate surface area is 91.4 Å². The maximum atomic E-state index is 10.6. The van der Waals surface area contributed by atoms with Gasteiger partial charge in [-0.15, -0.1) is 0 Å². The number of nitrogens with zero attached hydrogens (tertiary/aromatic N) is 1. The molecule has 76 valence electrons. The molecule has 0 spiro atoms. The predicted molar refractivity (Wildman–Crippen MR) is 59.3 cm³/mol. The molecule has 0 amide bonds. The zero-order valence-corrected chi connectivity index (χ0v) is 9.74. The molecule has 0 aliphatic carbocycles. The highest BCUT2D eigenvalue weighted by molar-refractivity contribution is 9.10. The van der Waals surface area contributed by atoms with Gasteiger partial charge in [0.2, 0.25) is 0 Å². The van der Waals surface area contributed by atoms with Crippen molar-refractivity contribution in [3.8, 4) is 0 Å². The fourth-order valence-electron chi connectivity index (χ4n) is 1.30. The Bertz CT molecular complexity index is 350. The van der Waals surface area contributed by atoms with Crippen molar-refractivity contribution in [2.45, 2.75) is 20.3 Å². The van der Waals surface area contributed by atoms with E-state index in [1.54, 1.807) is 12.1 Å². The number of nitro benzene ring substituents is 1. The van der Waals surface area contributed by atoms with Crippen LogP contribution in [0.5, 0.6) is 0 Å². The second-order valence-electron chi connectivity index (χ2n) is 3.64. The van der Waals surface area contributed by atoms with Crippen molar-refractivity contribution in [2.75, 3.05) is 0 Å². The van der Waals surface area contributed by atoms with Gasteiger partial charge in [-0.25, -0.2) is 0 Å². The van der Waals surface area contributed by atoms with Crippen LogP contribution in [0.2, 0.25) is 0 Å². The molecule has 0 fully saturated rings. The van der Waals surface area contributed by atoms with E-state index in [1.807, 2.05) is 6.07 Å². The first-order chi connectivity index (χ1) is 6.50. The van der Waals surface area contributed by atoms with Gasteiger partial charge < -0.3 is 0 Å². The quantitative estimate of drug-likeness (QED) is 0.614. The highest BCUT2D eigenvalue weighted by Gasteiger charge is 2.12. The molecular weight excluding hydrogens is 246 g/mol. The van der Waals surface area contributed by atoms with Crippen LogP contribution in [0.15, 0.2) is 22.7 Å². The second kappa shape index (κ2) is 4.55. The van der Waals surface area contributed by atoms with E-state index in [1.165, 1.54) is 0 Å². The summed E-state index contributed by atoms with van der Waals surface area (Å²) < 4.78 is 0.537. The van der Waals surface area contributed by atoms with Crippen molar-refractivity contribution in [1.82, 2.24) is 0 Å². The second-order valence-corrected chi connectivity index (χ2v) is 4.50. The zero-order valence-electron chi connectivity index (χ0n) is 8.16.